The molecule has 0 aliphatic carbocycles. The lowest BCUT2D eigenvalue weighted by Gasteiger charge is -2.15. The molecule has 33 heavy (non-hydrogen) atoms. The van der Waals surface area contributed by atoms with Crippen LogP contribution in [0.2, 0.25) is 0 Å². The molecule has 0 saturated heterocycles. The summed E-state index contributed by atoms with van der Waals surface area (Å²) in [4.78, 5) is 23.4. The maximum absolute atomic E-state index is 13.1. The van der Waals surface area contributed by atoms with Crippen molar-refractivity contribution in [1.82, 2.24) is 0 Å². The van der Waals surface area contributed by atoms with E-state index in [1.54, 1.807) is 48.5 Å². The fraction of sp³-hybridized carbons (Fsp3) is 0.0400. The minimum atomic E-state index is -3.93. The van der Waals surface area contributed by atoms with Gasteiger partial charge in [0, 0.05) is 11.1 Å². The third kappa shape index (κ3) is 3.70. The number of carbonyl (C=O) groups is 2. The van der Waals surface area contributed by atoms with E-state index in [-0.39, 0.29) is 22.8 Å². The second-order valence-corrected chi connectivity index (χ2v) is 9.39. The highest BCUT2D eigenvalue weighted by Gasteiger charge is 2.23. The van der Waals surface area contributed by atoms with Crippen LogP contribution in [0.25, 0.3) is 21.9 Å². The molecule has 1 amide bonds. The minimum Gasteiger partial charge on any atom is -0.478 e. The Labute approximate surface area is 189 Å². The number of benzene rings is 4. The van der Waals surface area contributed by atoms with Crippen molar-refractivity contribution in [2.75, 3.05) is 10.0 Å². The van der Waals surface area contributed by atoms with E-state index in [9.17, 15) is 23.1 Å². The van der Waals surface area contributed by atoms with Crippen molar-refractivity contribution in [3.63, 3.8) is 0 Å². The maximum Gasteiger partial charge on any atom is 0.336 e. The summed E-state index contributed by atoms with van der Waals surface area (Å²) in [6.07, 6.45) is 0.138. The first-order valence-corrected chi connectivity index (χ1v) is 11.6. The molecule has 0 atom stereocenters. The van der Waals surface area contributed by atoms with Gasteiger partial charge in [0.15, 0.2) is 0 Å². The number of sulfonamides is 1. The van der Waals surface area contributed by atoms with Gasteiger partial charge in [-0.15, -0.1) is 0 Å². The number of carboxylic acid groups (broad SMARTS) is 1. The number of amides is 1. The molecule has 164 valence electrons. The van der Waals surface area contributed by atoms with E-state index < -0.39 is 16.0 Å². The van der Waals surface area contributed by atoms with Gasteiger partial charge in [0.25, 0.3) is 10.0 Å². The van der Waals surface area contributed by atoms with E-state index in [4.69, 9.17) is 0 Å². The summed E-state index contributed by atoms with van der Waals surface area (Å²) in [5.41, 5.74) is 3.02. The molecule has 0 fully saturated rings. The van der Waals surface area contributed by atoms with Crippen molar-refractivity contribution < 1.29 is 23.1 Å². The lowest BCUT2D eigenvalue weighted by molar-refractivity contribution is -0.115. The summed E-state index contributed by atoms with van der Waals surface area (Å²) in [6.45, 7) is 0. The maximum atomic E-state index is 13.1. The Hall–Kier alpha value is -4.17. The van der Waals surface area contributed by atoms with Crippen molar-refractivity contribution in [2.24, 2.45) is 0 Å². The van der Waals surface area contributed by atoms with Crippen molar-refractivity contribution in [3.05, 3.63) is 90.0 Å². The summed E-state index contributed by atoms with van der Waals surface area (Å²) in [5.74, 6) is -1.21. The van der Waals surface area contributed by atoms with E-state index in [0.29, 0.717) is 33.5 Å². The number of fused-ring (bicyclic) bond motifs is 2. The second kappa shape index (κ2) is 7.75. The fourth-order valence-electron chi connectivity index (χ4n) is 4.10. The van der Waals surface area contributed by atoms with E-state index in [1.807, 2.05) is 12.1 Å². The Morgan fingerprint density at radius 1 is 0.879 bits per heavy atom. The van der Waals surface area contributed by atoms with Gasteiger partial charge in [-0.2, -0.15) is 0 Å². The molecule has 0 aromatic heterocycles. The molecule has 4 aromatic rings. The summed E-state index contributed by atoms with van der Waals surface area (Å²) < 4.78 is 28.9. The molecule has 8 heteroatoms. The molecule has 3 N–H and O–H groups in total. The number of aromatic carboxylic acids is 1. The molecule has 0 radical (unpaired) electrons. The van der Waals surface area contributed by atoms with Gasteiger partial charge in [0.2, 0.25) is 5.91 Å². The van der Waals surface area contributed by atoms with E-state index in [0.717, 1.165) is 5.39 Å². The van der Waals surface area contributed by atoms with Crippen LogP contribution >= 0.6 is 0 Å². The minimum absolute atomic E-state index is 0.0575. The molecule has 0 spiro atoms. The van der Waals surface area contributed by atoms with Crippen LogP contribution in [-0.4, -0.2) is 25.4 Å². The van der Waals surface area contributed by atoms with Crippen molar-refractivity contribution >= 4 is 44.0 Å². The van der Waals surface area contributed by atoms with Gasteiger partial charge in [-0.1, -0.05) is 48.5 Å². The Morgan fingerprint density at radius 3 is 2.39 bits per heavy atom. The molecule has 1 aliphatic rings. The highest BCUT2D eigenvalue weighted by atomic mass is 32.2. The standard InChI is InChI=1S/C25H18N2O5S/c28-24-14-15-13-16(9-11-22(15)26-24)33(31,32)27-23-12-10-19(17-5-1-3-7-20(17)23)18-6-2-4-8-21(18)25(29)30/h1-13,27H,14H2,(H,26,28)(H,29,30). The number of anilines is 2. The van der Waals surface area contributed by atoms with Crippen LogP contribution < -0.4 is 10.0 Å². The lowest BCUT2D eigenvalue weighted by Crippen LogP contribution is -2.13. The molecule has 0 saturated carbocycles. The third-order valence-electron chi connectivity index (χ3n) is 5.63. The Bertz CT molecular complexity index is 1560. The lowest BCUT2D eigenvalue weighted by atomic mass is 9.94. The smallest absolute Gasteiger partial charge is 0.336 e. The first-order chi connectivity index (χ1) is 15.8. The largest absolute Gasteiger partial charge is 0.478 e. The van der Waals surface area contributed by atoms with Crippen LogP contribution in [0, 0.1) is 0 Å². The summed E-state index contributed by atoms with van der Waals surface area (Å²) in [6, 6.07) is 21.8. The van der Waals surface area contributed by atoms with Crippen molar-refractivity contribution in [2.45, 2.75) is 11.3 Å². The van der Waals surface area contributed by atoms with Crippen LogP contribution in [0.1, 0.15) is 15.9 Å². The predicted octanol–water partition coefficient (Wildman–Crippen LogP) is 4.50. The summed E-state index contributed by atoms with van der Waals surface area (Å²) >= 11 is 0. The molecule has 5 rings (SSSR count). The van der Waals surface area contributed by atoms with E-state index in [1.165, 1.54) is 18.2 Å². The average molecular weight is 458 g/mol. The van der Waals surface area contributed by atoms with Gasteiger partial charge in [-0.25, -0.2) is 13.2 Å². The third-order valence-corrected chi connectivity index (χ3v) is 6.99. The van der Waals surface area contributed by atoms with E-state index in [2.05, 4.69) is 10.0 Å². The molecular weight excluding hydrogens is 440 g/mol. The Balaban J connectivity index is 1.59. The number of carboxylic acids is 1. The summed E-state index contributed by atoms with van der Waals surface area (Å²) in [7, 11) is -3.93. The number of hydrogen-bond acceptors (Lipinski definition) is 4. The monoisotopic (exact) mass is 458 g/mol. The van der Waals surface area contributed by atoms with Crippen LogP contribution in [0.3, 0.4) is 0 Å². The first kappa shape index (κ1) is 20.7. The second-order valence-electron chi connectivity index (χ2n) is 7.71. The van der Waals surface area contributed by atoms with Gasteiger partial charge >= 0.3 is 5.97 Å². The predicted molar refractivity (Wildman–Crippen MR) is 126 cm³/mol. The fourth-order valence-corrected chi connectivity index (χ4v) is 5.23. The number of rotatable bonds is 5. The SMILES string of the molecule is O=C1Cc2cc(S(=O)(=O)Nc3ccc(-c4ccccc4C(=O)O)c4ccccc34)ccc2N1. The normalized spacial score (nSPS) is 12.9. The van der Waals surface area contributed by atoms with Gasteiger partial charge in [0.1, 0.15) is 0 Å². The Morgan fingerprint density at radius 2 is 1.61 bits per heavy atom. The topological polar surface area (TPSA) is 113 Å². The molecule has 1 heterocycles. The molecule has 4 aromatic carbocycles. The van der Waals surface area contributed by atoms with Gasteiger partial charge in [0.05, 0.1) is 22.6 Å². The van der Waals surface area contributed by atoms with Crippen molar-refractivity contribution in [1.29, 1.82) is 0 Å². The van der Waals surface area contributed by atoms with E-state index >= 15 is 0 Å². The van der Waals surface area contributed by atoms with Crippen LogP contribution in [-0.2, 0) is 21.2 Å². The molecule has 1 aliphatic heterocycles. The average Bonchev–Trinajstić information content (AvgIpc) is 3.18. The Kier molecular flexibility index (Phi) is 4.87. The molecule has 0 unspecified atom stereocenters. The van der Waals surface area contributed by atoms with Crippen LogP contribution in [0.5, 0.6) is 0 Å². The summed E-state index contributed by atoms with van der Waals surface area (Å²) in [5, 5.41) is 13.6. The highest BCUT2D eigenvalue weighted by Crippen LogP contribution is 2.36. The number of carbonyl (C=O) groups excluding carboxylic acids is 1. The van der Waals surface area contributed by atoms with Crippen LogP contribution in [0.4, 0.5) is 11.4 Å². The zero-order valence-corrected chi connectivity index (χ0v) is 18.0. The quantitative estimate of drug-likeness (QED) is 0.408. The zero-order valence-electron chi connectivity index (χ0n) is 17.2. The van der Waals surface area contributed by atoms with Gasteiger partial charge < -0.3 is 10.4 Å². The van der Waals surface area contributed by atoms with Gasteiger partial charge in [-0.3, -0.25) is 9.52 Å². The molecule has 0 bridgehead atoms. The number of nitrogens with one attached hydrogen (secondary N) is 2. The molecule has 7 nitrogen and oxygen atoms in total. The van der Waals surface area contributed by atoms with Crippen LogP contribution in [0.15, 0.2) is 83.8 Å². The highest BCUT2D eigenvalue weighted by molar-refractivity contribution is 7.92. The first-order valence-electron chi connectivity index (χ1n) is 10.1. The van der Waals surface area contributed by atoms with Crippen molar-refractivity contribution in [3.8, 4) is 11.1 Å². The zero-order chi connectivity index (χ0) is 23.2. The molecular formula is C25H18N2O5S. The number of hydrogen-bond donors (Lipinski definition) is 3. The van der Waals surface area contributed by atoms with Gasteiger partial charge in [-0.05, 0) is 52.4 Å².